The van der Waals surface area contributed by atoms with E-state index < -0.39 is 0 Å². The number of hydrogen-bond donors (Lipinski definition) is 1. The van der Waals surface area contributed by atoms with Gasteiger partial charge in [0.05, 0.1) is 13.7 Å². The van der Waals surface area contributed by atoms with Crippen molar-refractivity contribution >= 4 is 0 Å². The van der Waals surface area contributed by atoms with Gasteiger partial charge in [0.15, 0.2) is 0 Å². The van der Waals surface area contributed by atoms with Gasteiger partial charge in [0.25, 0.3) is 0 Å². The Kier molecular flexibility index (Phi) is 2.23. The van der Waals surface area contributed by atoms with Crippen LogP contribution >= 0.6 is 0 Å². The van der Waals surface area contributed by atoms with Crippen LogP contribution in [0.2, 0.25) is 0 Å². The first-order chi connectivity index (χ1) is 6.36. The number of methoxy groups -OCH3 is 1. The molecule has 0 bridgehead atoms. The molecule has 0 spiro atoms. The molecule has 2 nitrogen and oxygen atoms in total. The molecule has 70 valence electrons. The predicted molar refractivity (Wildman–Crippen MR) is 50.9 cm³/mol. The molecular formula is C11H14O2. The first kappa shape index (κ1) is 8.57. The summed E-state index contributed by atoms with van der Waals surface area (Å²) in [4.78, 5) is 0. The third-order valence-corrected chi connectivity index (χ3v) is 2.69. The number of benzene rings is 1. The molecule has 0 unspecified atom stereocenters. The summed E-state index contributed by atoms with van der Waals surface area (Å²) >= 11 is 0. The van der Waals surface area contributed by atoms with Gasteiger partial charge in [-0.05, 0) is 30.4 Å². The van der Waals surface area contributed by atoms with Crippen molar-refractivity contribution in [3.05, 3.63) is 28.8 Å². The molecule has 1 aromatic carbocycles. The number of fused-ring (bicyclic) bond motifs is 1. The first-order valence-corrected chi connectivity index (χ1v) is 4.65. The van der Waals surface area contributed by atoms with Crippen molar-refractivity contribution in [2.75, 3.05) is 7.11 Å². The maximum absolute atomic E-state index is 9.10. The maximum Gasteiger partial charge on any atom is 0.127 e. The Balaban J connectivity index is 2.53. The Labute approximate surface area is 78.2 Å². The SMILES string of the molecule is COc1c(CO)ccc2c1CCC2. The normalized spacial score (nSPS) is 14.3. The Bertz CT molecular complexity index is 318. The largest absolute Gasteiger partial charge is 0.496 e. The van der Waals surface area contributed by atoms with Crippen LogP contribution in [0.15, 0.2) is 12.1 Å². The Morgan fingerprint density at radius 3 is 2.92 bits per heavy atom. The fourth-order valence-corrected chi connectivity index (χ4v) is 2.06. The van der Waals surface area contributed by atoms with Crippen molar-refractivity contribution in [2.24, 2.45) is 0 Å². The van der Waals surface area contributed by atoms with Gasteiger partial charge in [-0.1, -0.05) is 12.1 Å². The van der Waals surface area contributed by atoms with Crippen LogP contribution in [0.1, 0.15) is 23.1 Å². The molecule has 0 radical (unpaired) electrons. The number of rotatable bonds is 2. The van der Waals surface area contributed by atoms with Gasteiger partial charge in [-0.25, -0.2) is 0 Å². The lowest BCUT2D eigenvalue weighted by atomic mass is 10.0. The molecule has 2 rings (SSSR count). The van der Waals surface area contributed by atoms with E-state index in [1.165, 1.54) is 17.5 Å². The monoisotopic (exact) mass is 178 g/mol. The van der Waals surface area contributed by atoms with Crippen molar-refractivity contribution in [1.29, 1.82) is 0 Å². The molecule has 1 aliphatic rings. The zero-order valence-electron chi connectivity index (χ0n) is 7.84. The zero-order valence-corrected chi connectivity index (χ0v) is 7.84. The van der Waals surface area contributed by atoms with E-state index in [9.17, 15) is 0 Å². The van der Waals surface area contributed by atoms with E-state index in [-0.39, 0.29) is 6.61 Å². The average molecular weight is 178 g/mol. The molecule has 1 aromatic rings. The highest BCUT2D eigenvalue weighted by Gasteiger charge is 2.17. The summed E-state index contributed by atoms with van der Waals surface area (Å²) < 4.78 is 5.32. The highest BCUT2D eigenvalue weighted by Crippen LogP contribution is 2.33. The Morgan fingerprint density at radius 2 is 2.23 bits per heavy atom. The molecule has 0 saturated heterocycles. The van der Waals surface area contributed by atoms with Crippen LogP contribution in [-0.2, 0) is 19.4 Å². The Hall–Kier alpha value is -1.02. The van der Waals surface area contributed by atoms with Gasteiger partial charge in [-0.15, -0.1) is 0 Å². The maximum atomic E-state index is 9.10. The number of hydrogen-bond acceptors (Lipinski definition) is 2. The van der Waals surface area contributed by atoms with Crippen LogP contribution in [0, 0.1) is 0 Å². The van der Waals surface area contributed by atoms with Crippen molar-refractivity contribution in [1.82, 2.24) is 0 Å². The van der Waals surface area contributed by atoms with Gasteiger partial charge >= 0.3 is 0 Å². The van der Waals surface area contributed by atoms with E-state index in [1.807, 2.05) is 6.07 Å². The highest BCUT2D eigenvalue weighted by atomic mass is 16.5. The predicted octanol–water partition coefficient (Wildman–Crippen LogP) is 1.68. The first-order valence-electron chi connectivity index (χ1n) is 4.65. The van der Waals surface area contributed by atoms with Gasteiger partial charge in [0, 0.05) is 5.56 Å². The van der Waals surface area contributed by atoms with E-state index in [1.54, 1.807) is 7.11 Å². The van der Waals surface area contributed by atoms with Crippen LogP contribution in [0.3, 0.4) is 0 Å². The second-order valence-corrected chi connectivity index (χ2v) is 3.41. The van der Waals surface area contributed by atoms with E-state index in [0.29, 0.717) is 0 Å². The average Bonchev–Trinajstić information content (AvgIpc) is 2.63. The molecule has 0 aliphatic heterocycles. The van der Waals surface area contributed by atoms with Gasteiger partial charge < -0.3 is 9.84 Å². The summed E-state index contributed by atoms with van der Waals surface area (Å²) in [5.41, 5.74) is 3.59. The second kappa shape index (κ2) is 3.38. The zero-order chi connectivity index (χ0) is 9.26. The summed E-state index contributed by atoms with van der Waals surface area (Å²) in [6, 6.07) is 4.07. The van der Waals surface area contributed by atoms with Crippen molar-refractivity contribution in [3.8, 4) is 5.75 Å². The number of ether oxygens (including phenoxy) is 1. The van der Waals surface area contributed by atoms with Gasteiger partial charge in [0.2, 0.25) is 0 Å². The fraction of sp³-hybridized carbons (Fsp3) is 0.455. The van der Waals surface area contributed by atoms with E-state index in [0.717, 1.165) is 24.2 Å². The summed E-state index contributed by atoms with van der Waals surface area (Å²) in [7, 11) is 1.67. The minimum absolute atomic E-state index is 0.0659. The smallest absolute Gasteiger partial charge is 0.127 e. The molecule has 0 fully saturated rings. The quantitative estimate of drug-likeness (QED) is 0.746. The van der Waals surface area contributed by atoms with Crippen molar-refractivity contribution in [2.45, 2.75) is 25.9 Å². The molecule has 1 aliphatic carbocycles. The highest BCUT2D eigenvalue weighted by molar-refractivity contribution is 5.48. The van der Waals surface area contributed by atoms with Crippen molar-refractivity contribution < 1.29 is 9.84 Å². The molecule has 0 aromatic heterocycles. The van der Waals surface area contributed by atoms with E-state index in [2.05, 4.69) is 6.07 Å². The van der Waals surface area contributed by atoms with Crippen LogP contribution in [0.4, 0.5) is 0 Å². The van der Waals surface area contributed by atoms with Gasteiger partial charge in [0.1, 0.15) is 5.75 Å². The molecule has 0 saturated carbocycles. The number of aliphatic hydroxyl groups is 1. The topological polar surface area (TPSA) is 29.5 Å². The molecular weight excluding hydrogens is 164 g/mol. The van der Waals surface area contributed by atoms with Gasteiger partial charge in [-0.2, -0.15) is 0 Å². The summed E-state index contributed by atoms with van der Waals surface area (Å²) in [5, 5.41) is 9.10. The Morgan fingerprint density at radius 1 is 1.38 bits per heavy atom. The molecule has 0 atom stereocenters. The third kappa shape index (κ3) is 1.31. The lowest BCUT2D eigenvalue weighted by Gasteiger charge is -2.11. The number of aliphatic hydroxyl groups excluding tert-OH is 1. The minimum Gasteiger partial charge on any atom is -0.496 e. The van der Waals surface area contributed by atoms with Crippen LogP contribution in [0.25, 0.3) is 0 Å². The van der Waals surface area contributed by atoms with Crippen LogP contribution in [0.5, 0.6) is 5.75 Å². The molecule has 0 heterocycles. The van der Waals surface area contributed by atoms with Crippen LogP contribution < -0.4 is 4.74 Å². The second-order valence-electron chi connectivity index (χ2n) is 3.41. The summed E-state index contributed by atoms with van der Waals surface area (Å²) in [6.45, 7) is 0.0659. The van der Waals surface area contributed by atoms with E-state index >= 15 is 0 Å². The molecule has 0 amide bonds. The summed E-state index contributed by atoms with van der Waals surface area (Å²) in [6.07, 6.45) is 3.45. The number of aryl methyl sites for hydroxylation is 1. The molecule has 2 heteroatoms. The fourth-order valence-electron chi connectivity index (χ4n) is 2.06. The van der Waals surface area contributed by atoms with Gasteiger partial charge in [-0.3, -0.25) is 0 Å². The lowest BCUT2D eigenvalue weighted by molar-refractivity contribution is 0.273. The third-order valence-electron chi connectivity index (χ3n) is 2.69. The van der Waals surface area contributed by atoms with Crippen molar-refractivity contribution in [3.63, 3.8) is 0 Å². The standard InChI is InChI=1S/C11H14O2/c1-13-11-9(7-12)6-5-8-3-2-4-10(8)11/h5-6,12H,2-4,7H2,1H3. The molecule has 13 heavy (non-hydrogen) atoms. The van der Waals surface area contributed by atoms with E-state index in [4.69, 9.17) is 9.84 Å². The minimum atomic E-state index is 0.0659. The molecule has 1 N–H and O–H groups in total. The lowest BCUT2D eigenvalue weighted by Crippen LogP contribution is -1.97. The van der Waals surface area contributed by atoms with Crippen LogP contribution in [-0.4, -0.2) is 12.2 Å². The summed E-state index contributed by atoms with van der Waals surface area (Å²) in [5.74, 6) is 0.900.